The highest BCUT2D eigenvalue weighted by molar-refractivity contribution is 7.13. The first-order valence-corrected chi connectivity index (χ1v) is 8.23. The molecule has 1 aromatic heterocycles. The van der Waals surface area contributed by atoms with Gasteiger partial charge in [0, 0.05) is 11.3 Å². The number of carboxylic acids is 1. The zero-order valence-electron chi connectivity index (χ0n) is 12.7. The zero-order valence-corrected chi connectivity index (χ0v) is 13.5. The Hall–Kier alpha value is -2.86. The van der Waals surface area contributed by atoms with Crippen molar-refractivity contribution in [3.63, 3.8) is 0 Å². The minimum absolute atomic E-state index is 0.0187. The van der Waals surface area contributed by atoms with Crippen molar-refractivity contribution in [2.45, 2.75) is 12.3 Å². The van der Waals surface area contributed by atoms with Crippen LogP contribution in [0.3, 0.4) is 0 Å². The van der Waals surface area contributed by atoms with E-state index in [1.54, 1.807) is 24.3 Å². The molecule has 0 bridgehead atoms. The standard InChI is InChI=1S/C18H16N2O3S/c19-18-20-16(10-24-18)15(12-5-7-14(21)8-6-12)9-11-1-3-13(4-2-11)17(22)23/h1-8,10,15,21H,9H2,(H2,19,20)(H,22,23). The van der Waals surface area contributed by atoms with Crippen molar-refractivity contribution in [1.29, 1.82) is 0 Å². The van der Waals surface area contributed by atoms with Gasteiger partial charge in [-0.1, -0.05) is 24.3 Å². The van der Waals surface area contributed by atoms with Crippen molar-refractivity contribution in [3.8, 4) is 5.75 Å². The Balaban J connectivity index is 1.92. The number of rotatable bonds is 5. The van der Waals surface area contributed by atoms with E-state index in [1.807, 2.05) is 29.6 Å². The number of aromatic nitrogens is 1. The molecule has 1 atom stereocenters. The molecule has 0 fully saturated rings. The zero-order chi connectivity index (χ0) is 17.1. The van der Waals surface area contributed by atoms with Gasteiger partial charge in [-0.05, 0) is 41.8 Å². The lowest BCUT2D eigenvalue weighted by Crippen LogP contribution is -2.06. The molecule has 0 radical (unpaired) electrons. The molecule has 0 aliphatic rings. The van der Waals surface area contributed by atoms with Gasteiger partial charge in [-0.2, -0.15) is 0 Å². The smallest absolute Gasteiger partial charge is 0.335 e. The summed E-state index contributed by atoms with van der Waals surface area (Å²) in [6, 6.07) is 13.8. The fourth-order valence-electron chi connectivity index (χ4n) is 2.58. The summed E-state index contributed by atoms with van der Waals surface area (Å²) in [5.74, 6) is -0.750. The van der Waals surface area contributed by atoms with Crippen LogP contribution in [0.2, 0.25) is 0 Å². The Bertz CT molecular complexity index is 841. The number of nitrogen functional groups attached to an aromatic ring is 1. The van der Waals surface area contributed by atoms with Gasteiger partial charge in [0.05, 0.1) is 11.3 Å². The number of benzene rings is 2. The lowest BCUT2D eigenvalue weighted by molar-refractivity contribution is 0.0697. The highest BCUT2D eigenvalue weighted by Crippen LogP contribution is 2.31. The van der Waals surface area contributed by atoms with E-state index in [2.05, 4.69) is 4.98 Å². The number of nitrogens with zero attached hydrogens (tertiary/aromatic N) is 1. The van der Waals surface area contributed by atoms with Crippen LogP contribution < -0.4 is 5.73 Å². The van der Waals surface area contributed by atoms with Gasteiger partial charge in [0.1, 0.15) is 5.75 Å². The Kier molecular flexibility index (Phi) is 4.48. The highest BCUT2D eigenvalue weighted by atomic mass is 32.1. The summed E-state index contributed by atoms with van der Waals surface area (Å²) >= 11 is 1.39. The van der Waals surface area contributed by atoms with Gasteiger partial charge in [0.2, 0.25) is 0 Å². The molecule has 0 aliphatic carbocycles. The van der Waals surface area contributed by atoms with Crippen LogP contribution in [0.15, 0.2) is 53.9 Å². The molecule has 122 valence electrons. The normalized spacial score (nSPS) is 12.0. The third-order valence-electron chi connectivity index (χ3n) is 3.83. The molecule has 1 unspecified atom stereocenters. The fourth-order valence-corrected chi connectivity index (χ4v) is 3.20. The van der Waals surface area contributed by atoms with Crippen LogP contribution in [-0.2, 0) is 6.42 Å². The minimum Gasteiger partial charge on any atom is -0.508 e. The first kappa shape index (κ1) is 16.0. The van der Waals surface area contributed by atoms with E-state index in [0.29, 0.717) is 11.6 Å². The largest absolute Gasteiger partial charge is 0.508 e. The summed E-state index contributed by atoms with van der Waals surface area (Å²) in [6.07, 6.45) is 0.661. The van der Waals surface area contributed by atoms with Crippen molar-refractivity contribution < 1.29 is 15.0 Å². The molecule has 4 N–H and O–H groups in total. The quantitative estimate of drug-likeness (QED) is 0.660. The van der Waals surface area contributed by atoms with Crippen molar-refractivity contribution >= 4 is 22.4 Å². The number of nitrogens with two attached hydrogens (primary N) is 1. The van der Waals surface area contributed by atoms with Crippen LogP contribution >= 0.6 is 11.3 Å². The Labute approximate surface area is 143 Å². The van der Waals surface area contributed by atoms with Gasteiger partial charge in [0.15, 0.2) is 5.13 Å². The maximum atomic E-state index is 11.0. The second-order valence-electron chi connectivity index (χ2n) is 5.46. The third-order valence-corrected chi connectivity index (χ3v) is 4.53. The van der Waals surface area contributed by atoms with Crippen LogP contribution in [0.1, 0.15) is 33.1 Å². The molecule has 0 saturated heterocycles. The second kappa shape index (κ2) is 6.72. The minimum atomic E-state index is -0.941. The van der Waals surface area contributed by atoms with E-state index in [0.717, 1.165) is 16.8 Å². The van der Waals surface area contributed by atoms with E-state index in [4.69, 9.17) is 10.8 Å². The SMILES string of the molecule is Nc1nc(C(Cc2ccc(C(=O)O)cc2)c2ccc(O)cc2)cs1. The van der Waals surface area contributed by atoms with Crippen LogP contribution in [0.4, 0.5) is 5.13 Å². The van der Waals surface area contributed by atoms with Gasteiger partial charge >= 0.3 is 5.97 Å². The van der Waals surface area contributed by atoms with Gasteiger partial charge in [-0.15, -0.1) is 11.3 Å². The van der Waals surface area contributed by atoms with Gasteiger partial charge in [0.25, 0.3) is 0 Å². The highest BCUT2D eigenvalue weighted by Gasteiger charge is 2.18. The van der Waals surface area contributed by atoms with Gasteiger partial charge in [-0.25, -0.2) is 9.78 Å². The molecule has 0 aliphatic heterocycles. The topological polar surface area (TPSA) is 96.4 Å². The molecule has 2 aromatic carbocycles. The average molecular weight is 340 g/mol. The maximum absolute atomic E-state index is 11.0. The molecule has 6 heteroatoms. The average Bonchev–Trinajstić information content (AvgIpc) is 3.00. The van der Waals surface area contributed by atoms with Crippen molar-refractivity contribution in [2.24, 2.45) is 0 Å². The van der Waals surface area contributed by atoms with Crippen LogP contribution in [0.25, 0.3) is 0 Å². The van der Waals surface area contributed by atoms with Crippen LogP contribution in [0.5, 0.6) is 5.75 Å². The van der Waals surface area contributed by atoms with Crippen molar-refractivity contribution in [2.75, 3.05) is 5.73 Å². The Morgan fingerprint density at radius 2 is 1.79 bits per heavy atom. The van der Waals surface area contributed by atoms with Gasteiger partial charge in [-0.3, -0.25) is 0 Å². The number of carbonyl (C=O) groups is 1. The number of phenols is 1. The van der Waals surface area contributed by atoms with Crippen LogP contribution in [0, 0.1) is 0 Å². The molecule has 3 rings (SSSR count). The fraction of sp³-hybridized carbons (Fsp3) is 0.111. The molecule has 5 nitrogen and oxygen atoms in total. The summed E-state index contributed by atoms with van der Waals surface area (Å²) in [4.78, 5) is 15.4. The van der Waals surface area contributed by atoms with E-state index < -0.39 is 5.97 Å². The molecule has 24 heavy (non-hydrogen) atoms. The van der Waals surface area contributed by atoms with Crippen molar-refractivity contribution in [3.05, 3.63) is 76.3 Å². The molecular formula is C18H16N2O3S. The molecular weight excluding hydrogens is 324 g/mol. The van der Waals surface area contributed by atoms with E-state index in [-0.39, 0.29) is 17.2 Å². The van der Waals surface area contributed by atoms with E-state index in [1.165, 1.54) is 11.3 Å². The summed E-state index contributed by atoms with van der Waals surface area (Å²) in [6.45, 7) is 0. The predicted molar refractivity (Wildman–Crippen MR) is 93.6 cm³/mol. The van der Waals surface area contributed by atoms with Crippen LogP contribution in [-0.4, -0.2) is 21.2 Å². The number of carboxylic acid groups (broad SMARTS) is 1. The Morgan fingerprint density at radius 3 is 2.33 bits per heavy atom. The lowest BCUT2D eigenvalue weighted by atomic mass is 9.89. The summed E-state index contributed by atoms with van der Waals surface area (Å²) in [7, 11) is 0. The predicted octanol–water partition coefficient (Wildman–Crippen LogP) is 3.50. The number of hydrogen-bond acceptors (Lipinski definition) is 5. The van der Waals surface area contributed by atoms with E-state index >= 15 is 0 Å². The summed E-state index contributed by atoms with van der Waals surface area (Å²) in [5, 5.41) is 20.9. The number of anilines is 1. The monoisotopic (exact) mass is 340 g/mol. The third kappa shape index (κ3) is 3.55. The van der Waals surface area contributed by atoms with Gasteiger partial charge < -0.3 is 15.9 Å². The number of aromatic hydroxyl groups is 1. The summed E-state index contributed by atoms with van der Waals surface area (Å²) < 4.78 is 0. The Morgan fingerprint density at radius 1 is 1.12 bits per heavy atom. The molecule has 0 spiro atoms. The maximum Gasteiger partial charge on any atom is 0.335 e. The first-order chi connectivity index (χ1) is 11.5. The molecule has 0 amide bonds. The number of hydrogen-bond donors (Lipinski definition) is 3. The molecule has 1 heterocycles. The molecule has 0 saturated carbocycles. The number of aromatic carboxylic acids is 1. The first-order valence-electron chi connectivity index (χ1n) is 7.35. The number of phenolic OH excluding ortho intramolecular Hbond substituents is 1. The second-order valence-corrected chi connectivity index (χ2v) is 6.35. The lowest BCUT2D eigenvalue weighted by Gasteiger charge is -2.16. The van der Waals surface area contributed by atoms with E-state index in [9.17, 15) is 9.90 Å². The summed E-state index contributed by atoms with van der Waals surface area (Å²) in [5.41, 5.74) is 8.91. The number of thiazole rings is 1. The van der Waals surface area contributed by atoms with Crippen molar-refractivity contribution in [1.82, 2.24) is 4.98 Å². The molecule has 3 aromatic rings.